The summed E-state index contributed by atoms with van der Waals surface area (Å²) in [5.41, 5.74) is 7.67. The van der Waals surface area contributed by atoms with Gasteiger partial charge in [0.05, 0.1) is 45.9 Å². The van der Waals surface area contributed by atoms with Crippen LogP contribution in [-0.2, 0) is 16.5 Å². The largest absolute Gasteiger partial charge is 0.468 e. The van der Waals surface area contributed by atoms with Crippen LogP contribution in [0.2, 0.25) is 16.6 Å². The number of ether oxygens (including phenoxy) is 4. The zero-order valence-corrected chi connectivity index (χ0v) is 42.1. The Bertz CT molecular complexity index is 2740. The second-order valence-electron chi connectivity index (χ2n) is 21.4. The molecule has 12 nitrogen and oxygen atoms in total. The molecule has 6 heterocycles. The van der Waals surface area contributed by atoms with Crippen LogP contribution in [0, 0.1) is 17.3 Å². The minimum Gasteiger partial charge on any atom is -0.468 e. The van der Waals surface area contributed by atoms with Crippen LogP contribution in [0.5, 0.6) is 11.8 Å². The van der Waals surface area contributed by atoms with Crippen LogP contribution in [0.1, 0.15) is 100.0 Å². The molecule has 358 valence electrons. The van der Waals surface area contributed by atoms with Gasteiger partial charge in [-0.05, 0) is 105 Å². The number of alkyl halides is 1. The van der Waals surface area contributed by atoms with Gasteiger partial charge in [-0.1, -0.05) is 53.5 Å². The molecule has 2 bridgehead atoms. The van der Waals surface area contributed by atoms with Crippen molar-refractivity contribution in [3.8, 4) is 34.4 Å². The number of hydrogen-bond acceptors (Lipinski definition) is 10. The smallest absolute Gasteiger partial charge is 0.410 e. The lowest BCUT2D eigenvalue weighted by molar-refractivity contribution is 0.0122. The highest BCUT2D eigenvalue weighted by molar-refractivity contribution is 6.90. The monoisotopic (exact) mass is 935 g/mol. The van der Waals surface area contributed by atoms with E-state index in [4.69, 9.17) is 33.9 Å². The van der Waals surface area contributed by atoms with Crippen molar-refractivity contribution in [3.63, 3.8) is 0 Å². The number of halogens is 2. The van der Waals surface area contributed by atoms with E-state index in [1.165, 1.54) is 6.07 Å². The number of anilines is 1. The summed E-state index contributed by atoms with van der Waals surface area (Å²) in [6.07, 6.45) is 4.48. The highest BCUT2D eigenvalue weighted by Crippen LogP contribution is 2.46. The van der Waals surface area contributed by atoms with Crippen LogP contribution in [0.4, 0.5) is 19.4 Å². The number of imidazole rings is 1. The SMILES string of the molecule is COCOc1cc(-c2cc3nc(OC[C@@]45CCCN4C[C@H](F)C5)nc(N4CC5CCC(C4)N5C(=O)OC(C)(C)C)c3c3ncn(C)c23)c2c(C#C[Si](C(C)C)(C(C)C)C(C)C)c(F)ccc2c1. The maximum atomic E-state index is 16.7. The third-order valence-electron chi connectivity index (χ3n) is 15.2. The molecule has 4 atom stereocenters. The number of amides is 1. The molecule has 4 aliphatic rings. The molecule has 4 fully saturated rings. The van der Waals surface area contributed by atoms with Gasteiger partial charge in [-0.15, -0.1) is 5.54 Å². The van der Waals surface area contributed by atoms with Gasteiger partial charge >= 0.3 is 12.1 Å². The van der Waals surface area contributed by atoms with Crippen molar-refractivity contribution in [2.45, 2.75) is 140 Å². The highest BCUT2D eigenvalue weighted by Gasteiger charge is 2.50. The Morgan fingerprint density at radius 3 is 2.34 bits per heavy atom. The van der Waals surface area contributed by atoms with Gasteiger partial charge in [0.2, 0.25) is 0 Å². The fourth-order valence-corrected chi connectivity index (χ4v) is 17.5. The van der Waals surface area contributed by atoms with E-state index in [1.807, 2.05) is 55.5 Å². The maximum absolute atomic E-state index is 16.7. The zero-order valence-electron chi connectivity index (χ0n) is 41.1. The average molecular weight is 936 g/mol. The topological polar surface area (TPSA) is 107 Å². The molecule has 4 aliphatic heterocycles. The van der Waals surface area contributed by atoms with Gasteiger partial charge in [0.1, 0.15) is 49.4 Å². The van der Waals surface area contributed by atoms with Crippen LogP contribution < -0.4 is 14.4 Å². The number of fused-ring (bicyclic) bond motifs is 7. The second kappa shape index (κ2) is 17.8. The quantitative estimate of drug-likeness (QED) is 0.0722. The highest BCUT2D eigenvalue weighted by atomic mass is 28.3. The number of carbonyl (C=O) groups is 1. The van der Waals surface area contributed by atoms with Gasteiger partial charge in [-0.3, -0.25) is 9.80 Å². The Kier molecular flexibility index (Phi) is 12.5. The van der Waals surface area contributed by atoms with Crippen molar-refractivity contribution in [2.24, 2.45) is 7.05 Å². The Hall–Kier alpha value is -5.04. The molecule has 0 spiro atoms. The van der Waals surface area contributed by atoms with E-state index < -0.39 is 31.2 Å². The fraction of sp³-hybridized carbons (Fsp3) is 0.577. The number of methoxy groups -OCH3 is 1. The normalized spacial score (nSPS) is 22.2. The number of aryl methyl sites for hydroxylation is 1. The van der Waals surface area contributed by atoms with Crippen molar-refractivity contribution in [2.75, 3.05) is 51.6 Å². The predicted octanol–water partition coefficient (Wildman–Crippen LogP) is 10.6. The second-order valence-corrected chi connectivity index (χ2v) is 27.0. The molecule has 5 aromatic rings. The minimum atomic E-state index is -2.28. The van der Waals surface area contributed by atoms with E-state index in [0.29, 0.717) is 81.8 Å². The summed E-state index contributed by atoms with van der Waals surface area (Å²) in [7, 11) is 1.25. The summed E-state index contributed by atoms with van der Waals surface area (Å²) in [5.74, 6) is 4.31. The number of nitrogens with zero attached hydrogens (tertiary/aromatic N) is 7. The Labute approximate surface area is 394 Å². The van der Waals surface area contributed by atoms with Crippen LogP contribution in [0.25, 0.3) is 43.8 Å². The van der Waals surface area contributed by atoms with Gasteiger partial charge in [-0.25, -0.2) is 18.6 Å². The lowest BCUT2D eigenvalue weighted by Gasteiger charge is -2.42. The van der Waals surface area contributed by atoms with Crippen LogP contribution in [0.15, 0.2) is 36.7 Å². The van der Waals surface area contributed by atoms with Crippen molar-refractivity contribution < 1.29 is 32.5 Å². The summed E-state index contributed by atoms with van der Waals surface area (Å²) >= 11 is 0. The summed E-state index contributed by atoms with van der Waals surface area (Å²) < 4.78 is 57.7. The van der Waals surface area contributed by atoms with Crippen molar-refractivity contribution in [1.82, 2.24) is 29.3 Å². The van der Waals surface area contributed by atoms with Crippen LogP contribution >= 0.6 is 0 Å². The Balaban J connectivity index is 1.26. The van der Waals surface area contributed by atoms with Crippen molar-refractivity contribution in [3.05, 3.63) is 48.0 Å². The Morgan fingerprint density at radius 1 is 0.955 bits per heavy atom. The first-order valence-electron chi connectivity index (χ1n) is 24.2. The fourth-order valence-electron chi connectivity index (χ4n) is 12.3. The third kappa shape index (κ3) is 8.39. The molecule has 4 saturated heterocycles. The number of piperazine rings is 1. The number of benzene rings is 3. The molecule has 0 radical (unpaired) electrons. The van der Waals surface area contributed by atoms with E-state index in [0.717, 1.165) is 54.1 Å². The number of carbonyl (C=O) groups excluding carboxylic acids is 1. The van der Waals surface area contributed by atoms with Gasteiger partial charge in [-0.2, -0.15) is 9.97 Å². The van der Waals surface area contributed by atoms with Gasteiger partial charge in [0.15, 0.2) is 6.79 Å². The number of rotatable bonds is 11. The summed E-state index contributed by atoms with van der Waals surface area (Å²) in [6.45, 7) is 21.8. The zero-order chi connectivity index (χ0) is 47.7. The standard InChI is InChI=1S/C52H67F2N7O5Si/c1-31(2)67(32(3)4,33(5)6)20-17-39-42(54)16-13-34-21-38(65-30-63-11)22-40(44(34)39)41-23-43-45(46-47(41)58(10)29-55-46)48(57-49(56-43)64-28-52-18-12-19-60(52)25-35(53)24-52)59-26-36-14-15-37(27-59)61(36)50(62)66-51(7,8)9/h13,16,21-23,29,31-33,35-37H,12,14-15,18-19,24-28,30H2,1-11H3/t35-,36?,37?,52+/m1/s1. The average Bonchev–Trinajstić information content (AvgIpc) is 4.00. The number of aromatic nitrogens is 4. The third-order valence-corrected chi connectivity index (χ3v) is 21.5. The first-order chi connectivity index (χ1) is 31.8. The molecule has 67 heavy (non-hydrogen) atoms. The van der Waals surface area contributed by atoms with Crippen LogP contribution in [0.3, 0.4) is 0 Å². The van der Waals surface area contributed by atoms with E-state index in [2.05, 4.69) is 62.8 Å². The number of hydrogen-bond donors (Lipinski definition) is 0. The van der Waals surface area contributed by atoms with E-state index in [9.17, 15) is 9.18 Å². The lowest BCUT2D eigenvalue weighted by atomic mass is 9.92. The van der Waals surface area contributed by atoms with Crippen molar-refractivity contribution in [1.29, 1.82) is 0 Å². The molecular formula is C52H67F2N7O5Si. The molecule has 0 aliphatic carbocycles. The first kappa shape index (κ1) is 47.0. The molecular weight excluding hydrogens is 869 g/mol. The van der Waals surface area contributed by atoms with E-state index in [1.54, 1.807) is 19.5 Å². The molecule has 0 N–H and O–H groups in total. The molecule has 15 heteroatoms. The molecule has 9 rings (SSSR count). The summed E-state index contributed by atoms with van der Waals surface area (Å²) in [4.78, 5) is 35.4. The predicted molar refractivity (Wildman–Crippen MR) is 263 cm³/mol. The molecule has 1 amide bonds. The molecule has 3 aromatic carbocycles. The van der Waals surface area contributed by atoms with Gasteiger partial charge < -0.3 is 28.4 Å². The maximum Gasteiger partial charge on any atom is 0.410 e. The minimum absolute atomic E-state index is 0.0193. The van der Waals surface area contributed by atoms with E-state index >= 15 is 4.39 Å². The summed E-state index contributed by atoms with van der Waals surface area (Å²) in [5, 5.41) is 2.18. The lowest BCUT2D eigenvalue weighted by Crippen LogP contribution is -2.57. The van der Waals surface area contributed by atoms with Crippen LogP contribution in [-0.4, -0.2) is 120 Å². The van der Waals surface area contributed by atoms with E-state index in [-0.39, 0.29) is 37.6 Å². The van der Waals surface area contributed by atoms with Gasteiger partial charge in [0, 0.05) is 51.2 Å². The van der Waals surface area contributed by atoms with Crippen molar-refractivity contribution >= 4 is 52.7 Å². The first-order valence-corrected chi connectivity index (χ1v) is 26.4. The molecule has 2 unspecified atom stereocenters. The summed E-state index contributed by atoms with van der Waals surface area (Å²) in [6, 6.07) is 9.17. The Morgan fingerprint density at radius 2 is 1.67 bits per heavy atom. The molecule has 0 saturated carbocycles. The molecule has 2 aromatic heterocycles. The van der Waals surface area contributed by atoms with Gasteiger partial charge in [0.25, 0.3) is 0 Å².